The molecule has 0 aromatic carbocycles. The van der Waals surface area contributed by atoms with E-state index in [0.29, 0.717) is 13.0 Å². The summed E-state index contributed by atoms with van der Waals surface area (Å²) in [5.41, 5.74) is 0. The smallest absolute Gasteiger partial charge is 0.385 e. The third kappa shape index (κ3) is 17.8. The molecular weight excluding hydrogens is 424 g/mol. The average Bonchev–Trinajstić information content (AvgIpc) is 2.81. The Hall–Kier alpha value is -4.69. The van der Waals surface area contributed by atoms with Crippen LogP contribution in [0.4, 0.5) is 0 Å². The summed E-state index contributed by atoms with van der Waals surface area (Å²) < 4.78 is 9.08. The summed E-state index contributed by atoms with van der Waals surface area (Å²) in [6, 6.07) is 0. The lowest BCUT2D eigenvalue weighted by Gasteiger charge is -2.27. The van der Waals surface area contributed by atoms with Crippen molar-refractivity contribution in [3.63, 3.8) is 0 Å². The number of hydrogen-bond donors (Lipinski definition) is 4. The number of aliphatic hydroxyl groups excluding tert-OH is 4. The fourth-order valence-corrected chi connectivity index (χ4v) is 1.47. The van der Waals surface area contributed by atoms with Crippen molar-refractivity contribution in [3.05, 3.63) is 0 Å². The summed E-state index contributed by atoms with van der Waals surface area (Å²) in [6.45, 7) is -0.0557. The lowest BCUT2D eigenvalue weighted by Crippen LogP contribution is -2.44. The summed E-state index contributed by atoms with van der Waals surface area (Å²) in [4.78, 5) is 10.9. The standard InChI is InChI=1S/C21H6O3.C5H10O4.17H2/c1-2-3-4-5-6-7-8-9-10-11-12-13-14-15-16-17-18-21(23)24-20-19-22;6-3-1-2-9-5(8)4(3)7;;;;;;;;;;;;;;;;;/h1,22H,19-20H2;3-8H,1-2H2;17*1H. The molecule has 1 aliphatic heterocycles. The van der Waals surface area contributed by atoms with Gasteiger partial charge in [0.05, 0.1) is 19.3 Å². The van der Waals surface area contributed by atoms with Gasteiger partial charge in [0.25, 0.3) is 0 Å². The molecule has 0 bridgehead atoms. The molecule has 0 saturated carbocycles. The van der Waals surface area contributed by atoms with Gasteiger partial charge in [-0.15, -0.1) is 6.42 Å². The van der Waals surface area contributed by atoms with E-state index in [4.69, 9.17) is 26.8 Å². The van der Waals surface area contributed by atoms with Crippen molar-refractivity contribution in [2.24, 2.45) is 0 Å². The summed E-state index contributed by atoms with van der Waals surface area (Å²) in [5, 5.41) is 34.8. The van der Waals surface area contributed by atoms with Crippen LogP contribution >= 0.6 is 0 Å². The van der Waals surface area contributed by atoms with Crippen LogP contribution in [0.25, 0.3) is 0 Å². The number of hydrogen-bond acceptors (Lipinski definition) is 7. The van der Waals surface area contributed by atoms with Crippen LogP contribution in [0.5, 0.6) is 0 Å². The Labute approximate surface area is 218 Å². The van der Waals surface area contributed by atoms with Gasteiger partial charge in [0.1, 0.15) is 12.7 Å². The van der Waals surface area contributed by atoms with E-state index in [2.05, 4.69) is 110 Å². The van der Waals surface area contributed by atoms with Gasteiger partial charge in [-0.3, -0.25) is 0 Å². The van der Waals surface area contributed by atoms with Gasteiger partial charge < -0.3 is 29.9 Å². The van der Waals surface area contributed by atoms with Crippen molar-refractivity contribution in [1.82, 2.24) is 0 Å². The predicted molar refractivity (Wildman–Crippen MR) is 154 cm³/mol. The maximum atomic E-state index is 10.9. The molecule has 1 heterocycles. The molecule has 0 spiro atoms. The molecule has 1 aliphatic rings. The molecule has 7 heteroatoms. The molecule has 1 fully saturated rings. The van der Waals surface area contributed by atoms with E-state index in [1.165, 1.54) is 0 Å². The minimum atomic E-state index is -1.21. The number of carbonyl (C=O) groups excluding carboxylic acids is 1. The molecule has 0 radical (unpaired) electrons. The fraction of sp³-hybridized carbons (Fsp3) is 0.269. The Morgan fingerprint density at radius 2 is 1.30 bits per heavy atom. The SMILES string of the molecule is C#CC#CC#CC#CC#CC#CC#CC#CC#CC(=O)OCCO.OC1CCOC(O)C1O.[HH].[HH].[HH].[HH].[HH].[HH].[HH].[HH].[HH].[HH].[HH].[HH].[HH].[HH].[HH].[HH].[HH]. The van der Waals surface area contributed by atoms with Crippen LogP contribution in [0.3, 0.4) is 0 Å². The highest BCUT2D eigenvalue weighted by molar-refractivity contribution is 5.89. The van der Waals surface area contributed by atoms with Crippen molar-refractivity contribution in [3.8, 4) is 107 Å². The second-order valence-corrected chi connectivity index (χ2v) is 5.11. The molecule has 4 N–H and O–H groups in total. The monoisotopic (exact) mass is 474 g/mol. The molecule has 3 unspecified atom stereocenters. The van der Waals surface area contributed by atoms with E-state index in [1.54, 1.807) is 0 Å². The van der Waals surface area contributed by atoms with Crippen LogP contribution in [-0.4, -0.2) is 64.7 Å². The van der Waals surface area contributed by atoms with E-state index >= 15 is 0 Å². The first-order valence-corrected chi connectivity index (χ1v) is 8.93. The quantitative estimate of drug-likeness (QED) is 0.274. The molecule has 1 rings (SSSR count). The normalized spacial score (nSPS) is 16.0. The van der Waals surface area contributed by atoms with E-state index < -0.39 is 24.5 Å². The van der Waals surface area contributed by atoms with Crippen molar-refractivity contribution in [2.45, 2.75) is 24.9 Å². The van der Waals surface area contributed by atoms with Crippen LogP contribution in [0.15, 0.2) is 0 Å². The van der Waals surface area contributed by atoms with Crippen LogP contribution < -0.4 is 0 Å². The molecule has 7 nitrogen and oxygen atoms in total. The molecule has 196 valence electrons. The van der Waals surface area contributed by atoms with Gasteiger partial charge in [0.2, 0.25) is 0 Å². The topological polar surface area (TPSA) is 116 Å². The maximum absolute atomic E-state index is 10.9. The minimum Gasteiger partial charge on any atom is -0.454 e. The molecule has 1 saturated heterocycles. The fourth-order valence-electron chi connectivity index (χ4n) is 1.47. The van der Waals surface area contributed by atoms with Crippen molar-refractivity contribution in [2.75, 3.05) is 19.8 Å². The number of ether oxygens (including phenoxy) is 2. The summed E-state index contributed by atoms with van der Waals surface area (Å²) in [5.74, 6) is 39.4. The number of carbonyl (C=O) groups is 1. The van der Waals surface area contributed by atoms with E-state index in [9.17, 15) is 4.79 Å². The Morgan fingerprint density at radius 3 is 1.70 bits per heavy atom. The van der Waals surface area contributed by atoms with Gasteiger partial charge >= 0.3 is 5.97 Å². The van der Waals surface area contributed by atoms with Crippen LogP contribution in [0.1, 0.15) is 30.7 Å². The van der Waals surface area contributed by atoms with E-state index in [1.807, 2.05) is 0 Å². The first-order chi connectivity index (χ1) is 16.0. The summed E-state index contributed by atoms with van der Waals surface area (Å²) in [6.07, 6.45) is 2.09. The Balaban J connectivity index is -0.0000000221. The Bertz CT molecular complexity index is 1250. The molecule has 0 aromatic heterocycles. The van der Waals surface area contributed by atoms with Gasteiger partial charge in [-0.1, -0.05) is 0 Å². The molecule has 0 amide bonds. The first kappa shape index (κ1) is 28.3. The summed E-state index contributed by atoms with van der Waals surface area (Å²) in [7, 11) is 0. The third-order valence-corrected chi connectivity index (χ3v) is 2.82. The van der Waals surface area contributed by atoms with Crippen LogP contribution in [0, 0.1) is 107 Å². The zero-order valence-corrected chi connectivity index (χ0v) is 17.2. The molecule has 33 heavy (non-hydrogen) atoms. The van der Waals surface area contributed by atoms with Gasteiger partial charge in [0, 0.05) is 30.2 Å². The number of esters is 1. The molecule has 3 atom stereocenters. The number of rotatable bonds is 2. The third-order valence-electron chi connectivity index (χ3n) is 2.82. The first-order valence-electron chi connectivity index (χ1n) is 8.93. The van der Waals surface area contributed by atoms with E-state index in [-0.39, 0.29) is 37.5 Å². The summed E-state index contributed by atoms with van der Waals surface area (Å²) >= 11 is 0. The highest BCUT2D eigenvalue weighted by Crippen LogP contribution is 2.11. The van der Waals surface area contributed by atoms with Crippen LogP contribution in [0.2, 0.25) is 0 Å². The number of terminal acetylenes is 1. The maximum Gasteiger partial charge on any atom is 0.385 e. The van der Waals surface area contributed by atoms with Gasteiger partial charge in [-0.2, -0.15) is 0 Å². The average molecular weight is 475 g/mol. The second-order valence-electron chi connectivity index (χ2n) is 5.11. The van der Waals surface area contributed by atoms with Crippen molar-refractivity contribution < 1.29 is 58.9 Å². The Kier molecular flexibility index (Phi) is 17.7. The van der Waals surface area contributed by atoms with Crippen molar-refractivity contribution in [1.29, 1.82) is 0 Å². The van der Waals surface area contributed by atoms with Gasteiger partial charge in [0.15, 0.2) is 6.29 Å². The lowest BCUT2D eigenvalue weighted by atomic mass is 10.1. The molecule has 0 aromatic rings. The highest BCUT2D eigenvalue weighted by atomic mass is 16.6. The predicted octanol–water partition coefficient (Wildman–Crippen LogP) is 1.81. The van der Waals surface area contributed by atoms with E-state index in [0.717, 1.165) is 0 Å². The van der Waals surface area contributed by atoms with Gasteiger partial charge in [-0.05, 0) is 101 Å². The minimum absolute atomic E-state index is 0. The Morgan fingerprint density at radius 1 is 0.848 bits per heavy atom. The zero-order valence-electron chi connectivity index (χ0n) is 17.2. The zero-order chi connectivity index (χ0) is 24.6. The molecular formula is C26H50O7. The van der Waals surface area contributed by atoms with Gasteiger partial charge in [-0.25, -0.2) is 4.79 Å². The van der Waals surface area contributed by atoms with Crippen molar-refractivity contribution >= 4 is 5.97 Å². The second kappa shape index (κ2) is 20.6. The highest BCUT2D eigenvalue weighted by Gasteiger charge is 2.29. The number of aliphatic hydroxyl groups is 4. The molecule has 0 aliphatic carbocycles. The lowest BCUT2D eigenvalue weighted by molar-refractivity contribution is -0.219. The largest absolute Gasteiger partial charge is 0.454 e. The van der Waals surface area contributed by atoms with Crippen LogP contribution in [-0.2, 0) is 14.3 Å².